The molecule has 3 rings (SSSR count). The van der Waals surface area contributed by atoms with Crippen LogP contribution in [0.3, 0.4) is 0 Å². The summed E-state index contributed by atoms with van der Waals surface area (Å²) in [4.78, 5) is 29.3. The SMILES string of the molecule is COc1ccc(C(=O)NCCN2CCN(C(=O)C(C)(C)c3ccccc3F)CC2)cc1. The number of amides is 2. The van der Waals surface area contributed by atoms with Crippen molar-refractivity contribution in [2.24, 2.45) is 0 Å². The molecule has 1 aliphatic rings. The van der Waals surface area contributed by atoms with Crippen LogP contribution in [0.15, 0.2) is 48.5 Å². The van der Waals surface area contributed by atoms with Crippen molar-refractivity contribution in [3.8, 4) is 5.75 Å². The first-order valence-electron chi connectivity index (χ1n) is 10.5. The number of rotatable bonds is 7. The summed E-state index contributed by atoms with van der Waals surface area (Å²) in [5.41, 5.74) is 0.0927. The van der Waals surface area contributed by atoms with Gasteiger partial charge in [-0.3, -0.25) is 14.5 Å². The van der Waals surface area contributed by atoms with E-state index >= 15 is 0 Å². The number of carbonyl (C=O) groups is 2. The minimum absolute atomic E-state index is 0.0648. The molecule has 1 saturated heterocycles. The van der Waals surface area contributed by atoms with E-state index in [2.05, 4.69) is 10.2 Å². The van der Waals surface area contributed by atoms with Crippen molar-refractivity contribution in [2.45, 2.75) is 19.3 Å². The fraction of sp³-hybridized carbons (Fsp3) is 0.417. The Labute approximate surface area is 183 Å². The van der Waals surface area contributed by atoms with E-state index in [9.17, 15) is 14.0 Å². The van der Waals surface area contributed by atoms with Gasteiger partial charge in [-0.1, -0.05) is 18.2 Å². The molecule has 0 spiro atoms. The first-order chi connectivity index (χ1) is 14.8. The summed E-state index contributed by atoms with van der Waals surface area (Å²) in [7, 11) is 1.59. The van der Waals surface area contributed by atoms with Crippen LogP contribution in [-0.2, 0) is 10.2 Å². The number of hydrogen-bond donors (Lipinski definition) is 1. The van der Waals surface area contributed by atoms with E-state index in [1.165, 1.54) is 6.07 Å². The molecule has 166 valence electrons. The van der Waals surface area contributed by atoms with E-state index in [0.29, 0.717) is 43.1 Å². The highest BCUT2D eigenvalue weighted by Gasteiger charge is 2.36. The van der Waals surface area contributed by atoms with Crippen molar-refractivity contribution in [1.82, 2.24) is 15.1 Å². The number of piperazine rings is 1. The third-order valence-corrected chi connectivity index (χ3v) is 5.81. The van der Waals surface area contributed by atoms with E-state index in [4.69, 9.17) is 4.74 Å². The topological polar surface area (TPSA) is 61.9 Å². The molecule has 2 aromatic carbocycles. The Hall–Kier alpha value is -2.93. The van der Waals surface area contributed by atoms with Gasteiger partial charge in [0.1, 0.15) is 11.6 Å². The van der Waals surface area contributed by atoms with Gasteiger partial charge < -0.3 is 15.0 Å². The lowest BCUT2D eigenvalue weighted by Gasteiger charge is -2.38. The molecule has 2 amide bonds. The van der Waals surface area contributed by atoms with Crippen LogP contribution < -0.4 is 10.1 Å². The molecule has 0 unspecified atom stereocenters. The summed E-state index contributed by atoms with van der Waals surface area (Å²) >= 11 is 0. The number of carbonyl (C=O) groups excluding carboxylic acids is 2. The number of nitrogens with zero attached hydrogens (tertiary/aromatic N) is 2. The van der Waals surface area contributed by atoms with Crippen molar-refractivity contribution in [2.75, 3.05) is 46.4 Å². The molecule has 0 bridgehead atoms. The maximum Gasteiger partial charge on any atom is 0.251 e. The van der Waals surface area contributed by atoms with Crippen molar-refractivity contribution in [3.63, 3.8) is 0 Å². The lowest BCUT2D eigenvalue weighted by molar-refractivity contribution is -0.138. The fourth-order valence-electron chi connectivity index (χ4n) is 3.83. The number of hydrogen-bond acceptors (Lipinski definition) is 4. The Morgan fingerprint density at radius 2 is 1.68 bits per heavy atom. The number of methoxy groups -OCH3 is 1. The van der Waals surface area contributed by atoms with Crippen molar-refractivity contribution in [1.29, 1.82) is 0 Å². The van der Waals surface area contributed by atoms with Gasteiger partial charge in [0.25, 0.3) is 5.91 Å². The minimum atomic E-state index is -0.917. The van der Waals surface area contributed by atoms with Gasteiger partial charge >= 0.3 is 0 Å². The van der Waals surface area contributed by atoms with Gasteiger partial charge in [-0.2, -0.15) is 0 Å². The lowest BCUT2D eigenvalue weighted by atomic mass is 9.82. The second-order valence-electron chi connectivity index (χ2n) is 8.22. The molecule has 0 atom stereocenters. The average molecular weight is 428 g/mol. The summed E-state index contributed by atoms with van der Waals surface area (Å²) in [6, 6.07) is 13.4. The van der Waals surface area contributed by atoms with Crippen molar-refractivity contribution in [3.05, 3.63) is 65.5 Å². The molecular weight excluding hydrogens is 397 g/mol. The molecule has 1 heterocycles. The zero-order chi connectivity index (χ0) is 22.4. The van der Waals surface area contributed by atoms with Crippen LogP contribution >= 0.6 is 0 Å². The average Bonchev–Trinajstić information content (AvgIpc) is 2.79. The van der Waals surface area contributed by atoms with Gasteiger partial charge in [0.05, 0.1) is 12.5 Å². The number of benzene rings is 2. The van der Waals surface area contributed by atoms with Gasteiger partial charge in [-0.05, 0) is 44.2 Å². The van der Waals surface area contributed by atoms with E-state index in [0.717, 1.165) is 13.1 Å². The normalized spacial score (nSPS) is 14.9. The predicted molar refractivity (Wildman–Crippen MR) is 118 cm³/mol. The van der Waals surface area contributed by atoms with E-state index < -0.39 is 5.41 Å². The standard InChI is InChI=1S/C24H30FN3O3/c1-24(2,20-6-4-5-7-21(20)25)23(30)28-16-14-27(15-17-28)13-12-26-22(29)18-8-10-19(31-3)11-9-18/h4-11H,12-17H2,1-3H3,(H,26,29). The summed E-state index contributed by atoms with van der Waals surface area (Å²) in [5, 5.41) is 2.93. The highest BCUT2D eigenvalue weighted by molar-refractivity contribution is 5.94. The lowest BCUT2D eigenvalue weighted by Crippen LogP contribution is -2.54. The zero-order valence-electron chi connectivity index (χ0n) is 18.4. The Morgan fingerprint density at radius 3 is 2.29 bits per heavy atom. The molecule has 6 nitrogen and oxygen atoms in total. The molecule has 0 aliphatic carbocycles. The van der Waals surface area contributed by atoms with Gasteiger partial charge in [0.15, 0.2) is 0 Å². The molecule has 7 heteroatoms. The Balaban J connectivity index is 1.45. The maximum absolute atomic E-state index is 14.2. The van der Waals surface area contributed by atoms with Gasteiger partial charge in [0.2, 0.25) is 5.91 Å². The summed E-state index contributed by atoms with van der Waals surface area (Å²) in [5.74, 6) is 0.169. The van der Waals surface area contributed by atoms with Gasteiger partial charge in [-0.25, -0.2) is 4.39 Å². The van der Waals surface area contributed by atoms with Crippen LogP contribution in [0.1, 0.15) is 29.8 Å². The predicted octanol–water partition coefficient (Wildman–Crippen LogP) is 2.69. The zero-order valence-corrected chi connectivity index (χ0v) is 18.4. The van der Waals surface area contributed by atoms with E-state index in [-0.39, 0.29) is 17.6 Å². The molecule has 1 N–H and O–H groups in total. The van der Waals surface area contributed by atoms with Crippen LogP contribution in [0.2, 0.25) is 0 Å². The van der Waals surface area contributed by atoms with Gasteiger partial charge in [-0.15, -0.1) is 0 Å². The Bertz CT molecular complexity index is 907. The summed E-state index contributed by atoms with van der Waals surface area (Å²) in [6.45, 7) is 7.39. The largest absolute Gasteiger partial charge is 0.497 e. The molecular formula is C24H30FN3O3. The maximum atomic E-state index is 14.2. The van der Waals surface area contributed by atoms with E-state index in [1.54, 1.807) is 68.3 Å². The van der Waals surface area contributed by atoms with Crippen LogP contribution in [0, 0.1) is 5.82 Å². The number of nitrogens with one attached hydrogen (secondary N) is 1. The fourth-order valence-corrected chi connectivity index (χ4v) is 3.83. The third-order valence-electron chi connectivity index (χ3n) is 5.81. The molecule has 1 fully saturated rings. The molecule has 0 aromatic heterocycles. The van der Waals surface area contributed by atoms with Crippen LogP contribution in [0.25, 0.3) is 0 Å². The van der Waals surface area contributed by atoms with Crippen LogP contribution in [0.4, 0.5) is 4.39 Å². The smallest absolute Gasteiger partial charge is 0.251 e. The highest BCUT2D eigenvalue weighted by atomic mass is 19.1. The number of ether oxygens (including phenoxy) is 1. The minimum Gasteiger partial charge on any atom is -0.497 e. The van der Waals surface area contributed by atoms with Crippen LogP contribution in [0.5, 0.6) is 5.75 Å². The highest BCUT2D eigenvalue weighted by Crippen LogP contribution is 2.28. The summed E-state index contributed by atoms with van der Waals surface area (Å²) < 4.78 is 19.3. The molecule has 0 radical (unpaired) electrons. The first-order valence-corrected chi connectivity index (χ1v) is 10.5. The van der Waals surface area contributed by atoms with Gasteiger partial charge in [0, 0.05) is 50.4 Å². The molecule has 31 heavy (non-hydrogen) atoms. The quantitative estimate of drug-likeness (QED) is 0.738. The molecule has 2 aromatic rings. The third kappa shape index (κ3) is 5.41. The molecule has 0 saturated carbocycles. The summed E-state index contributed by atoms with van der Waals surface area (Å²) in [6.07, 6.45) is 0. The number of halogens is 1. The van der Waals surface area contributed by atoms with Crippen LogP contribution in [-0.4, -0.2) is 68.0 Å². The van der Waals surface area contributed by atoms with E-state index in [1.807, 2.05) is 0 Å². The first kappa shape index (κ1) is 22.7. The monoisotopic (exact) mass is 427 g/mol. The second kappa shape index (κ2) is 9.92. The second-order valence-corrected chi connectivity index (χ2v) is 8.22. The molecule has 1 aliphatic heterocycles. The van der Waals surface area contributed by atoms with Crippen molar-refractivity contribution >= 4 is 11.8 Å². The Morgan fingerprint density at radius 1 is 1.03 bits per heavy atom. The van der Waals surface area contributed by atoms with Crippen molar-refractivity contribution < 1.29 is 18.7 Å². The Kier molecular flexibility index (Phi) is 7.28.